The van der Waals surface area contributed by atoms with Crippen molar-refractivity contribution in [3.63, 3.8) is 0 Å². The van der Waals surface area contributed by atoms with Crippen LogP contribution in [-0.4, -0.2) is 25.0 Å². The molecule has 0 rings (SSSR count). The average molecular weight is 191 g/mol. The number of methoxy groups -OCH3 is 1. The third kappa shape index (κ3) is 6.92. The maximum absolute atomic E-state index is 10.8. The Balaban J connectivity index is 3.71. The van der Waals surface area contributed by atoms with E-state index in [0.29, 0.717) is 0 Å². The molecule has 0 aromatic carbocycles. The Hall–Kier alpha value is -1.46. The topological polar surface area (TPSA) is 73.9 Å². The summed E-state index contributed by atoms with van der Waals surface area (Å²) in [6.45, 7) is 5.06. The lowest BCUT2D eigenvalue weighted by Gasteiger charge is -2.18. The minimum absolute atomic E-state index is 0.635. The molecule has 0 aromatic rings. The Morgan fingerprint density at radius 1 is 1.23 bits per heavy atom. The van der Waals surface area contributed by atoms with Crippen molar-refractivity contribution in [2.45, 2.75) is 26.4 Å². The molecule has 6 nitrogen and oxygen atoms in total. The molecule has 0 bridgehead atoms. The molecule has 0 atom stereocenters. The fourth-order valence-corrected chi connectivity index (χ4v) is 0.424. The van der Waals surface area contributed by atoms with Crippen LogP contribution in [0.3, 0.4) is 0 Å². The molecule has 0 aliphatic rings. The lowest BCUT2D eigenvalue weighted by molar-refractivity contribution is -0.00421. The summed E-state index contributed by atoms with van der Waals surface area (Å²) in [7, 11) is 1.12. The van der Waals surface area contributed by atoms with Crippen molar-refractivity contribution in [1.29, 1.82) is 0 Å². The van der Waals surface area contributed by atoms with E-state index in [1.807, 2.05) is 0 Å². The van der Waals surface area contributed by atoms with Gasteiger partial charge in [0.05, 0.1) is 7.11 Å². The molecule has 0 fully saturated rings. The summed E-state index contributed by atoms with van der Waals surface area (Å²) < 4.78 is 8.85. The van der Waals surface area contributed by atoms with Crippen LogP contribution >= 0.6 is 0 Å². The molecule has 0 aliphatic carbocycles. The van der Waals surface area contributed by atoms with Gasteiger partial charge in [-0.2, -0.15) is 0 Å². The first-order chi connectivity index (χ1) is 5.85. The van der Waals surface area contributed by atoms with E-state index in [1.54, 1.807) is 26.3 Å². The SMILES string of the molecule is COC(=O)ONC(=O)OC(C)(C)C. The number of carbonyl (C=O) groups is 2. The van der Waals surface area contributed by atoms with Crippen molar-refractivity contribution < 1.29 is 23.9 Å². The second-order valence-electron chi connectivity index (χ2n) is 3.16. The quantitative estimate of drug-likeness (QED) is 0.460. The first-order valence-electron chi connectivity index (χ1n) is 3.59. The summed E-state index contributed by atoms with van der Waals surface area (Å²) in [5, 5.41) is 0. The second kappa shape index (κ2) is 4.54. The van der Waals surface area contributed by atoms with Crippen molar-refractivity contribution in [2.75, 3.05) is 7.11 Å². The lowest BCUT2D eigenvalue weighted by Crippen LogP contribution is -2.34. The van der Waals surface area contributed by atoms with Crippen molar-refractivity contribution in [2.24, 2.45) is 0 Å². The van der Waals surface area contributed by atoms with Gasteiger partial charge in [-0.1, -0.05) is 0 Å². The van der Waals surface area contributed by atoms with Gasteiger partial charge in [-0.25, -0.2) is 9.59 Å². The van der Waals surface area contributed by atoms with Crippen molar-refractivity contribution in [1.82, 2.24) is 5.48 Å². The molecule has 1 N–H and O–H groups in total. The Morgan fingerprint density at radius 2 is 1.77 bits per heavy atom. The largest absolute Gasteiger partial charge is 0.533 e. The van der Waals surface area contributed by atoms with E-state index in [1.165, 1.54) is 0 Å². The van der Waals surface area contributed by atoms with E-state index in [2.05, 4.69) is 9.57 Å². The van der Waals surface area contributed by atoms with Crippen LogP contribution in [0, 0.1) is 0 Å². The Kier molecular flexibility index (Phi) is 4.03. The zero-order chi connectivity index (χ0) is 10.5. The van der Waals surface area contributed by atoms with Gasteiger partial charge in [-0.15, -0.1) is 5.48 Å². The maximum Gasteiger partial charge on any atom is 0.533 e. The molecule has 0 aliphatic heterocycles. The molecule has 0 radical (unpaired) electrons. The van der Waals surface area contributed by atoms with Crippen LogP contribution in [-0.2, 0) is 14.3 Å². The third-order valence-electron chi connectivity index (χ3n) is 0.783. The summed E-state index contributed by atoms with van der Waals surface area (Å²) in [5.74, 6) is 0. The van der Waals surface area contributed by atoms with Gasteiger partial charge in [0.1, 0.15) is 5.60 Å². The molecule has 0 heterocycles. The molecule has 0 spiro atoms. The highest BCUT2D eigenvalue weighted by molar-refractivity contribution is 5.69. The number of hydrogen-bond donors (Lipinski definition) is 1. The van der Waals surface area contributed by atoms with Gasteiger partial charge < -0.3 is 14.3 Å². The summed E-state index contributed by atoms with van der Waals surface area (Å²) >= 11 is 0. The van der Waals surface area contributed by atoms with E-state index >= 15 is 0 Å². The van der Waals surface area contributed by atoms with Gasteiger partial charge in [0.25, 0.3) is 0 Å². The summed E-state index contributed by atoms with van der Waals surface area (Å²) in [4.78, 5) is 25.3. The smallest absolute Gasteiger partial charge is 0.442 e. The van der Waals surface area contributed by atoms with Gasteiger partial charge in [0, 0.05) is 0 Å². The summed E-state index contributed by atoms with van der Waals surface area (Å²) in [6.07, 6.45) is -1.86. The maximum atomic E-state index is 10.8. The van der Waals surface area contributed by atoms with Crippen LogP contribution in [0.2, 0.25) is 0 Å². The monoisotopic (exact) mass is 191 g/mol. The van der Waals surface area contributed by atoms with Gasteiger partial charge in [-0.3, -0.25) is 0 Å². The van der Waals surface area contributed by atoms with Crippen LogP contribution in [0.4, 0.5) is 9.59 Å². The number of amides is 1. The van der Waals surface area contributed by atoms with E-state index < -0.39 is 17.8 Å². The molecule has 6 heteroatoms. The first kappa shape index (κ1) is 11.5. The predicted octanol–water partition coefficient (Wildman–Crippen LogP) is 1.21. The Morgan fingerprint density at radius 3 is 2.15 bits per heavy atom. The zero-order valence-electron chi connectivity index (χ0n) is 8.04. The minimum Gasteiger partial charge on any atom is -0.442 e. The highest BCUT2D eigenvalue weighted by Crippen LogP contribution is 2.06. The normalized spacial score (nSPS) is 10.2. The van der Waals surface area contributed by atoms with Crippen LogP contribution in [0.25, 0.3) is 0 Å². The Labute approximate surface area is 76.1 Å². The number of carbonyl (C=O) groups excluding carboxylic acids is 2. The van der Waals surface area contributed by atoms with E-state index in [9.17, 15) is 9.59 Å². The van der Waals surface area contributed by atoms with Crippen molar-refractivity contribution >= 4 is 12.2 Å². The van der Waals surface area contributed by atoms with Gasteiger partial charge >= 0.3 is 12.2 Å². The van der Waals surface area contributed by atoms with E-state index in [4.69, 9.17) is 4.74 Å². The van der Waals surface area contributed by atoms with Crippen molar-refractivity contribution in [3.8, 4) is 0 Å². The van der Waals surface area contributed by atoms with E-state index in [0.717, 1.165) is 7.11 Å². The molecule has 0 aromatic heterocycles. The van der Waals surface area contributed by atoms with Crippen LogP contribution < -0.4 is 5.48 Å². The molecule has 76 valence electrons. The van der Waals surface area contributed by atoms with Crippen LogP contribution in [0.15, 0.2) is 0 Å². The average Bonchev–Trinajstić information content (AvgIpc) is 1.97. The number of nitrogens with one attached hydrogen (secondary N) is 1. The fraction of sp³-hybridized carbons (Fsp3) is 0.714. The highest BCUT2D eigenvalue weighted by Gasteiger charge is 2.17. The second-order valence-corrected chi connectivity index (χ2v) is 3.16. The molecule has 0 saturated heterocycles. The van der Waals surface area contributed by atoms with Gasteiger partial charge in [0.2, 0.25) is 0 Å². The summed E-state index contributed by atoms with van der Waals surface area (Å²) in [5.41, 5.74) is 1.12. The minimum atomic E-state index is -1.01. The number of hydroxylamine groups is 1. The standard InChI is InChI=1S/C7H13NO5/c1-7(2,3)12-5(9)8-13-6(10)11-4/h1-4H3,(H,8,9). The molecule has 0 saturated carbocycles. The highest BCUT2D eigenvalue weighted by atomic mass is 16.8. The van der Waals surface area contributed by atoms with Crippen molar-refractivity contribution in [3.05, 3.63) is 0 Å². The van der Waals surface area contributed by atoms with E-state index in [-0.39, 0.29) is 0 Å². The molecule has 1 amide bonds. The molecule has 0 unspecified atom stereocenters. The van der Waals surface area contributed by atoms with Crippen LogP contribution in [0.5, 0.6) is 0 Å². The fourth-order valence-electron chi connectivity index (χ4n) is 0.424. The summed E-state index contributed by atoms with van der Waals surface area (Å²) in [6, 6.07) is 0. The van der Waals surface area contributed by atoms with Gasteiger partial charge in [0.15, 0.2) is 0 Å². The third-order valence-corrected chi connectivity index (χ3v) is 0.783. The zero-order valence-corrected chi connectivity index (χ0v) is 8.04. The lowest BCUT2D eigenvalue weighted by atomic mass is 10.2. The predicted molar refractivity (Wildman–Crippen MR) is 42.9 cm³/mol. The number of ether oxygens (including phenoxy) is 2. The first-order valence-corrected chi connectivity index (χ1v) is 3.59. The van der Waals surface area contributed by atoms with Gasteiger partial charge in [-0.05, 0) is 20.8 Å². The van der Waals surface area contributed by atoms with Crippen LogP contribution in [0.1, 0.15) is 20.8 Å². The Bertz CT molecular complexity index is 196. The number of hydrogen-bond acceptors (Lipinski definition) is 5. The molecular weight excluding hydrogens is 178 g/mol. The molecular formula is C7H13NO5. The number of rotatable bonds is 0. The molecule has 13 heavy (non-hydrogen) atoms.